The van der Waals surface area contributed by atoms with Gasteiger partial charge in [0, 0.05) is 12.8 Å². The fraction of sp³-hybridized carbons (Fsp3) is 0.750. The van der Waals surface area contributed by atoms with E-state index in [2.05, 4.69) is 5.32 Å². The van der Waals surface area contributed by atoms with Crippen molar-refractivity contribution in [3.63, 3.8) is 0 Å². The average molecular weight is 260 g/mol. The Hall–Kier alpha value is -0.360. The zero-order valence-electron chi connectivity index (χ0n) is 8.44. The van der Waals surface area contributed by atoms with E-state index in [4.69, 9.17) is 16.2 Å². The van der Waals surface area contributed by atoms with Crippen molar-refractivity contribution in [3.8, 4) is 0 Å². The summed E-state index contributed by atoms with van der Waals surface area (Å²) in [4.78, 5) is 10.6. The molecule has 0 saturated carbocycles. The second-order valence-corrected chi connectivity index (χ2v) is 2.79. The second-order valence-electron chi connectivity index (χ2n) is 2.79. The summed E-state index contributed by atoms with van der Waals surface area (Å²) in [7, 11) is 0. The van der Waals surface area contributed by atoms with E-state index >= 15 is 0 Å². The van der Waals surface area contributed by atoms with Gasteiger partial charge in [-0.25, -0.2) is 0 Å². The van der Waals surface area contributed by atoms with Crippen LogP contribution in [0.1, 0.15) is 19.3 Å². The van der Waals surface area contributed by atoms with E-state index in [-0.39, 0.29) is 24.8 Å². The summed E-state index contributed by atoms with van der Waals surface area (Å²) < 4.78 is 0. The molecule has 7 heteroatoms. The molecule has 0 bridgehead atoms. The first-order chi connectivity index (χ1) is 6.22. The average Bonchev–Trinajstić information content (AvgIpc) is 2.10. The number of halogens is 2. The first-order valence-corrected chi connectivity index (χ1v) is 4.37. The Morgan fingerprint density at radius 2 is 2.07 bits per heavy atom. The smallest absolute Gasteiger partial charge is 0.320 e. The van der Waals surface area contributed by atoms with E-state index in [0.29, 0.717) is 19.5 Å². The maximum absolute atomic E-state index is 10.6. The maximum atomic E-state index is 10.6. The fourth-order valence-electron chi connectivity index (χ4n) is 1.01. The molecule has 1 atom stereocenters. The van der Waals surface area contributed by atoms with E-state index < -0.39 is 12.0 Å². The molecule has 0 aliphatic carbocycles. The molecule has 0 aliphatic heterocycles. The van der Waals surface area contributed by atoms with Gasteiger partial charge in [-0.05, 0) is 19.4 Å². The standard InChI is InChI=1S/C8H17N3O2.2ClH/c9-4-2-1-3-7(8(12)13)11-6-5-10;;/h5,7,10-11H,1-4,6,9H2,(H,12,13);2*1H/t7-;;/m0../s1. The van der Waals surface area contributed by atoms with Gasteiger partial charge in [-0.2, -0.15) is 0 Å². The minimum atomic E-state index is -0.862. The van der Waals surface area contributed by atoms with E-state index in [1.807, 2.05) is 0 Å². The molecular weight excluding hydrogens is 241 g/mol. The quantitative estimate of drug-likeness (QED) is 0.380. The zero-order valence-corrected chi connectivity index (χ0v) is 10.1. The van der Waals surface area contributed by atoms with E-state index in [1.165, 1.54) is 0 Å². The molecule has 0 radical (unpaired) electrons. The van der Waals surface area contributed by atoms with Gasteiger partial charge in [0.15, 0.2) is 0 Å². The molecule has 5 nitrogen and oxygen atoms in total. The molecule has 0 spiro atoms. The number of hydrogen-bond acceptors (Lipinski definition) is 4. The Morgan fingerprint density at radius 3 is 2.47 bits per heavy atom. The number of carboxylic acid groups (broad SMARTS) is 1. The summed E-state index contributed by atoms with van der Waals surface area (Å²) in [6.45, 7) is 0.899. The van der Waals surface area contributed by atoms with Crippen LogP contribution in [-0.2, 0) is 4.79 Å². The Bertz CT molecular complexity index is 170. The Morgan fingerprint density at radius 1 is 1.47 bits per heavy atom. The number of nitrogens with one attached hydrogen (secondary N) is 2. The third kappa shape index (κ3) is 11.6. The lowest BCUT2D eigenvalue weighted by atomic mass is 10.1. The first kappa shape index (κ1) is 20.1. The largest absolute Gasteiger partial charge is 0.480 e. The summed E-state index contributed by atoms with van der Waals surface area (Å²) in [5, 5.41) is 18.2. The number of carboxylic acids is 1. The highest BCUT2D eigenvalue weighted by molar-refractivity contribution is 5.85. The van der Waals surface area contributed by atoms with Crippen molar-refractivity contribution in [2.75, 3.05) is 13.1 Å². The molecule has 0 aromatic carbocycles. The van der Waals surface area contributed by atoms with Crippen molar-refractivity contribution in [3.05, 3.63) is 0 Å². The molecule has 0 heterocycles. The minimum Gasteiger partial charge on any atom is -0.480 e. The van der Waals surface area contributed by atoms with Crippen LogP contribution >= 0.6 is 24.8 Å². The van der Waals surface area contributed by atoms with Crippen LogP contribution in [0.25, 0.3) is 0 Å². The molecular formula is C8H19Cl2N3O2. The summed E-state index contributed by atoms with van der Waals surface area (Å²) in [5.41, 5.74) is 5.29. The van der Waals surface area contributed by atoms with Crippen molar-refractivity contribution >= 4 is 37.0 Å². The highest BCUT2D eigenvalue weighted by Crippen LogP contribution is 1.99. The molecule has 0 aliphatic rings. The molecule has 0 fully saturated rings. The number of carbonyl (C=O) groups is 1. The lowest BCUT2D eigenvalue weighted by Crippen LogP contribution is -2.37. The molecule has 15 heavy (non-hydrogen) atoms. The van der Waals surface area contributed by atoms with Crippen molar-refractivity contribution in [2.24, 2.45) is 5.73 Å². The molecule has 0 saturated heterocycles. The van der Waals surface area contributed by atoms with E-state index in [0.717, 1.165) is 19.1 Å². The van der Waals surface area contributed by atoms with Gasteiger partial charge in [-0.3, -0.25) is 10.1 Å². The topological polar surface area (TPSA) is 99.2 Å². The van der Waals surface area contributed by atoms with Crippen molar-refractivity contribution in [1.29, 1.82) is 5.41 Å². The van der Waals surface area contributed by atoms with Gasteiger partial charge in [0.1, 0.15) is 6.04 Å². The summed E-state index contributed by atoms with van der Waals surface area (Å²) >= 11 is 0. The Labute approximate surface area is 102 Å². The SMILES string of the molecule is Cl.Cl.N=CCN[C@@H](CCCCN)C(=O)O. The van der Waals surface area contributed by atoms with E-state index in [9.17, 15) is 4.79 Å². The molecule has 92 valence electrons. The molecule has 0 amide bonds. The van der Waals surface area contributed by atoms with Crippen LogP contribution in [0.5, 0.6) is 0 Å². The number of aliphatic carboxylic acids is 1. The van der Waals surface area contributed by atoms with Crippen LogP contribution in [0.3, 0.4) is 0 Å². The molecule has 5 N–H and O–H groups in total. The van der Waals surface area contributed by atoms with Gasteiger partial charge >= 0.3 is 5.97 Å². The van der Waals surface area contributed by atoms with Crippen LogP contribution in [0.4, 0.5) is 0 Å². The highest BCUT2D eigenvalue weighted by atomic mass is 35.5. The van der Waals surface area contributed by atoms with Gasteiger partial charge in [0.05, 0.1) is 0 Å². The molecule has 0 unspecified atom stereocenters. The fourth-order valence-corrected chi connectivity index (χ4v) is 1.01. The molecule has 0 rings (SSSR count). The van der Waals surface area contributed by atoms with Crippen molar-refractivity contribution in [1.82, 2.24) is 5.32 Å². The summed E-state index contributed by atoms with van der Waals surface area (Å²) in [6.07, 6.45) is 3.37. The van der Waals surface area contributed by atoms with Crippen LogP contribution in [0.15, 0.2) is 0 Å². The lowest BCUT2D eigenvalue weighted by Gasteiger charge is -2.11. The number of unbranched alkanes of at least 4 members (excludes halogenated alkanes) is 1. The molecule has 0 aromatic rings. The number of rotatable bonds is 8. The number of hydrogen-bond donors (Lipinski definition) is 4. The van der Waals surface area contributed by atoms with Gasteiger partial charge in [-0.15, -0.1) is 24.8 Å². The van der Waals surface area contributed by atoms with E-state index in [1.54, 1.807) is 0 Å². The number of nitrogens with two attached hydrogens (primary N) is 1. The maximum Gasteiger partial charge on any atom is 0.320 e. The van der Waals surface area contributed by atoms with Crippen LogP contribution in [0.2, 0.25) is 0 Å². The summed E-state index contributed by atoms with van der Waals surface area (Å²) in [6, 6.07) is -0.548. The lowest BCUT2D eigenvalue weighted by molar-refractivity contribution is -0.139. The third-order valence-electron chi connectivity index (χ3n) is 1.71. The second kappa shape index (κ2) is 13.6. The summed E-state index contributed by atoms with van der Waals surface area (Å²) in [5.74, 6) is -0.862. The third-order valence-corrected chi connectivity index (χ3v) is 1.71. The first-order valence-electron chi connectivity index (χ1n) is 4.37. The van der Waals surface area contributed by atoms with Crippen LogP contribution < -0.4 is 11.1 Å². The van der Waals surface area contributed by atoms with Crippen LogP contribution in [-0.4, -0.2) is 36.4 Å². The predicted molar refractivity (Wildman–Crippen MR) is 65.6 cm³/mol. The van der Waals surface area contributed by atoms with Gasteiger partial charge in [-0.1, -0.05) is 6.42 Å². The zero-order chi connectivity index (χ0) is 10.1. The molecule has 0 aromatic heterocycles. The van der Waals surface area contributed by atoms with Crippen molar-refractivity contribution in [2.45, 2.75) is 25.3 Å². The van der Waals surface area contributed by atoms with Gasteiger partial charge in [0.25, 0.3) is 0 Å². The Balaban J connectivity index is -0.000000720. The van der Waals surface area contributed by atoms with Gasteiger partial charge in [0.2, 0.25) is 0 Å². The Kier molecular flexibility index (Phi) is 18.3. The minimum absolute atomic E-state index is 0. The normalized spacial score (nSPS) is 10.7. The monoisotopic (exact) mass is 259 g/mol. The highest BCUT2D eigenvalue weighted by Gasteiger charge is 2.14. The predicted octanol–water partition coefficient (Wildman–Crippen LogP) is 0.651. The van der Waals surface area contributed by atoms with Gasteiger partial charge < -0.3 is 16.2 Å². The van der Waals surface area contributed by atoms with Crippen molar-refractivity contribution < 1.29 is 9.90 Å². The van der Waals surface area contributed by atoms with Crippen LogP contribution in [0, 0.1) is 5.41 Å².